The van der Waals surface area contributed by atoms with Crippen molar-refractivity contribution in [3.05, 3.63) is 11.1 Å². The number of aromatic nitrogens is 1. The second kappa shape index (κ2) is 4.07. The molecule has 2 N–H and O–H groups in total. The number of rotatable bonds is 4. The van der Waals surface area contributed by atoms with Gasteiger partial charge in [-0.05, 0) is 20.3 Å². The van der Waals surface area contributed by atoms with E-state index >= 15 is 0 Å². The minimum atomic E-state index is -0.294. The van der Waals surface area contributed by atoms with Crippen LogP contribution in [0, 0.1) is 0 Å². The Kier molecular flexibility index (Phi) is 3.27. The molecule has 74 valence electrons. The average Bonchev–Trinajstić information content (AvgIpc) is 2.47. The van der Waals surface area contributed by atoms with E-state index in [0.29, 0.717) is 6.61 Å². The van der Waals surface area contributed by atoms with Gasteiger partial charge in [0.1, 0.15) is 6.61 Å². The first kappa shape index (κ1) is 10.5. The zero-order valence-electron chi connectivity index (χ0n) is 8.33. The molecule has 0 aliphatic rings. The lowest BCUT2D eigenvalue weighted by Crippen LogP contribution is -2.38. The van der Waals surface area contributed by atoms with Gasteiger partial charge in [0.2, 0.25) is 0 Å². The average molecular weight is 200 g/mol. The quantitative estimate of drug-likeness (QED) is 0.806. The van der Waals surface area contributed by atoms with E-state index in [4.69, 9.17) is 10.5 Å². The molecule has 0 amide bonds. The molecule has 0 unspecified atom stereocenters. The van der Waals surface area contributed by atoms with Gasteiger partial charge in [-0.3, -0.25) is 0 Å². The predicted molar refractivity (Wildman–Crippen MR) is 55.3 cm³/mol. The molecule has 1 heterocycles. The summed E-state index contributed by atoms with van der Waals surface area (Å²) in [4.78, 5) is 4.27. The van der Waals surface area contributed by atoms with Crippen LogP contribution in [0.3, 0.4) is 0 Å². The van der Waals surface area contributed by atoms with E-state index in [0.717, 1.165) is 17.3 Å². The number of ether oxygens (including phenoxy) is 1. The number of hydrogen-bond acceptors (Lipinski definition) is 4. The summed E-state index contributed by atoms with van der Waals surface area (Å²) in [5, 5.41) is 2.73. The molecule has 4 heteroatoms. The lowest BCUT2D eigenvalue weighted by molar-refractivity contribution is 0.242. The third-order valence-electron chi connectivity index (χ3n) is 1.46. The molecule has 0 aliphatic heterocycles. The van der Waals surface area contributed by atoms with Gasteiger partial charge in [-0.15, -0.1) is 0 Å². The smallest absolute Gasteiger partial charge is 0.273 e. The summed E-state index contributed by atoms with van der Waals surface area (Å²) in [6.07, 6.45) is 0.950. The molecule has 0 spiro atoms. The second-order valence-electron chi connectivity index (χ2n) is 3.74. The fraction of sp³-hybridized carbons (Fsp3) is 0.667. The summed E-state index contributed by atoms with van der Waals surface area (Å²) in [6.45, 7) is 6.44. The Morgan fingerprint density at radius 1 is 1.62 bits per heavy atom. The highest BCUT2D eigenvalue weighted by atomic mass is 32.1. The zero-order valence-corrected chi connectivity index (χ0v) is 9.15. The summed E-state index contributed by atoms with van der Waals surface area (Å²) < 4.78 is 5.44. The Morgan fingerprint density at radius 2 is 2.31 bits per heavy atom. The topological polar surface area (TPSA) is 48.1 Å². The van der Waals surface area contributed by atoms with E-state index in [-0.39, 0.29) is 5.54 Å². The van der Waals surface area contributed by atoms with Crippen LogP contribution in [0.1, 0.15) is 26.5 Å². The van der Waals surface area contributed by atoms with Crippen LogP contribution in [0.15, 0.2) is 5.38 Å². The maximum atomic E-state index is 5.77. The van der Waals surface area contributed by atoms with E-state index in [1.54, 1.807) is 0 Å². The highest BCUT2D eigenvalue weighted by Crippen LogP contribution is 2.19. The van der Waals surface area contributed by atoms with Crippen LogP contribution >= 0.6 is 11.3 Å². The molecule has 0 saturated heterocycles. The van der Waals surface area contributed by atoms with Crippen molar-refractivity contribution in [1.82, 2.24) is 4.98 Å². The molecule has 3 nitrogen and oxygen atoms in total. The number of nitrogens with zero attached hydrogens (tertiary/aromatic N) is 1. The SMILES string of the molecule is CCc1csc(OCC(C)(C)N)n1. The Labute approximate surface area is 82.9 Å². The summed E-state index contributed by atoms with van der Waals surface area (Å²) in [7, 11) is 0. The summed E-state index contributed by atoms with van der Waals surface area (Å²) in [5.41, 5.74) is 6.56. The Morgan fingerprint density at radius 3 is 2.77 bits per heavy atom. The van der Waals surface area contributed by atoms with Crippen LogP contribution in [0.2, 0.25) is 0 Å². The monoisotopic (exact) mass is 200 g/mol. The first-order valence-electron chi connectivity index (χ1n) is 4.37. The van der Waals surface area contributed by atoms with E-state index in [2.05, 4.69) is 11.9 Å². The lowest BCUT2D eigenvalue weighted by atomic mass is 10.1. The van der Waals surface area contributed by atoms with Crippen molar-refractivity contribution in [2.24, 2.45) is 5.73 Å². The molecule has 0 aliphatic carbocycles. The highest BCUT2D eigenvalue weighted by molar-refractivity contribution is 7.11. The van der Waals surface area contributed by atoms with Crippen LogP contribution in [-0.2, 0) is 6.42 Å². The molecular formula is C9H16N2OS. The summed E-state index contributed by atoms with van der Waals surface area (Å²) in [6, 6.07) is 0. The van der Waals surface area contributed by atoms with Crippen molar-refractivity contribution in [1.29, 1.82) is 0 Å². The van der Waals surface area contributed by atoms with Crippen molar-refractivity contribution < 1.29 is 4.74 Å². The largest absolute Gasteiger partial charge is 0.468 e. The minimum absolute atomic E-state index is 0.294. The van der Waals surface area contributed by atoms with Crippen molar-refractivity contribution in [3.63, 3.8) is 0 Å². The van der Waals surface area contributed by atoms with E-state index < -0.39 is 0 Å². The number of aryl methyl sites for hydroxylation is 1. The fourth-order valence-corrected chi connectivity index (χ4v) is 1.52. The lowest BCUT2D eigenvalue weighted by Gasteiger charge is -2.17. The minimum Gasteiger partial charge on any atom is -0.468 e. The molecule has 0 saturated carbocycles. The van der Waals surface area contributed by atoms with E-state index in [1.807, 2.05) is 19.2 Å². The van der Waals surface area contributed by atoms with Crippen LogP contribution < -0.4 is 10.5 Å². The number of nitrogens with two attached hydrogens (primary N) is 1. The van der Waals surface area contributed by atoms with Gasteiger partial charge in [-0.1, -0.05) is 18.3 Å². The van der Waals surface area contributed by atoms with Gasteiger partial charge in [0.25, 0.3) is 5.19 Å². The zero-order chi connectivity index (χ0) is 9.90. The van der Waals surface area contributed by atoms with Crippen molar-refractivity contribution >= 4 is 11.3 Å². The van der Waals surface area contributed by atoms with Gasteiger partial charge in [0.15, 0.2) is 0 Å². The molecule has 1 aromatic rings. The second-order valence-corrected chi connectivity index (χ2v) is 4.56. The Bertz CT molecular complexity index is 265. The van der Waals surface area contributed by atoms with Crippen LogP contribution in [-0.4, -0.2) is 17.1 Å². The van der Waals surface area contributed by atoms with Crippen molar-refractivity contribution in [2.75, 3.05) is 6.61 Å². The molecule has 0 bridgehead atoms. The predicted octanol–water partition coefficient (Wildman–Crippen LogP) is 1.82. The maximum absolute atomic E-state index is 5.77. The first-order chi connectivity index (χ1) is 6.01. The molecule has 13 heavy (non-hydrogen) atoms. The van der Waals surface area contributed by atoms with Crippen LogP contribution in [0.4, 0.5) is 0 Å². The van der Waals surface area contributed by atoms with Gasteiger partial charge in [-0.25, -0.2) is 4.98 Å². The molecule has 1 rings (SSSR count). The van der Waals surface area contributed by atoms with Gasteiger partial charge in [-0.2, -0.15) is 0 Å². The fourth-order valence-electron chi connectivity index (χ4n) is 0.765. The van der Waals surface area contributed by atoms with Gasteiger partial charge < -0.3 is 10.5 Å². The molecular weight excluding hydrogens is 184 g/mol. The maximum Gasteiger partial charge on any atom is 0.273 e. The van der Waals surface area contributed by atoms with Crippen molar-refractivity contribution in [2.45, 2.75) is 32.7 Å². The Balaban J connectivity index is 2.46. The van der Waals surface area contributed by atoms with E-state index in [1.165, 1.54) is 11.3 Å². The van der Waals surface area contributed by atoms with Gasteiger partial charge in [0.05, 0.1) is 5.69 Å². The normalized spacial score (nSPS) is 11.7. The molecule has 0 fully saturated rings. The summed E-state index contributed by atoms with van der Waals surface area (Å²) >= 11 is 1.53. The molecule has 0 atom stereocenters. The number of thiazole rings is 1. The van der Waals surface area contributed by atoms with Gasteiger partial charge >= 0.3 is 0 Å². The first-order valence-corrected chi connectivity index (χ1v) is 5.25. The van der Waals surface area contributed by atoms with E-state index in [9.17, 15) is 0 Å². The summed E-state index contributed by atoms with van der Waals surface area (Å²) in [5.74, 6) is 0. The molecule has 1 aromatic heterocycles. The highest BCUT2D eigenvalue weighted by Gasteiger charge is 2.12. The Hall–Kier alpha value is -0.610. The third-order valence-corrected chi connectivity index (χ3v) is 2.26. The van der Waals surface area contributed by atoms with Crippen LogP contribution in [0.5, 0.6) is 5.19 Å². The van der Waals surface area contributed by atoms with Crippen molar-refractivity contribution in [3.8, 4) is 5.19 Å². The molecule has 0 aromatic carbocycles. The standard InChI is InChI=1S/C9H16N2OS/c1-4-7-5-13-8(11-7)12-6-9(2,3)10/h5H,4,6,10H2,1-3H3. The van der Waals surface area contributed by atoms with Crippen LogP contribution in [0.25, 0.3) is 0 Å². The third kappa shape index (κ3) is 3.74. The van der Waals surface area contributed by atoms with Gasteiger partial charge in [0, 0.05) is 10.9 Å². The molecule has 0 radical (unpaired) electrons. The number of hydrogen-bond donors (Lipinski definition) is 1.